The second-order valence-electron chi connectivity index (χ2n) is 5.73. The molecule has 0 heterocycles. The summed E-state index contributed by atoms with van der Waals surface area (Å²) in [6, 6.07) is 26.3. The second-order valence-corrected chi connectivity index (χ2v) is 5.73. The SMILES string of the molecule is CN(C(=O)c1ccc(OCCOc2ccccc2)cc1)c1ccccc1. The van der Waals surface area contributed by atoms with Gasteiger partial charge in [-0.25, -0.2) is 0 Å². The van der Waals surface area contributed by atoms with Crippen LogP contribution in [0.15, 0.2) is 84.9 Å². The molecule has 4 heteroatoms. The molecule has 0 atom stereocenters. The van der Waals surface area contributed by atoms with E-state index in [4.69, 9.17) is 9.47 Å². The highest BCUT2D eigenvalue weighted by atomic mass is 16.5. The van der Waals surface area contributed by atoms with Crippen LogP contribution in [0.3, 0.4) is 0 Å². The molecule has 3 aromatic carbocycles. The Kier molecular flexibility index (Phi) is 5.88. The maximum Gasteiger partial charge on any atom is 0.258 e. The number of hydrogen-bond donors (Lipinski definition) is 0. The van der Waals surface area contributed by atoms with E-state index in [1.807, 2.05) is 60.7 Å². The smallest absolute Gasteiger partial charge is 0.258 e. The van der Waals surface area contributed by atoms with Crippen molar-refractivity contribution >= 4 is 11.6 Å². The number of benzene rings is 3. The number of carbonyl (C=O) groups is 1. The van der Waals surface area contributed by atoms with Crippen molar-refractivity contribution in [3.63, 3.8) is 0 Å². The van der Waals surface area contributed by atoms with Crippen molar-refractivity contribution in [2.45, 2.75) is 0 Å². The van der Waals surface area contributed by atoms with E-state index in [9.17, 15) is 4.79 Å². The van der Waals surface area contributed by atoms with Gasteiger partial charge in [-0.2, -0.15) is 0 Å². The van der Waals surface area contributed by atoms with Crippen molar-refractivity contribution in [2.75, 3.05) is 25.2 Å². The van der Waals surface area contributed by atoms with Crippen LogP contribution in [0.4, 0.5) is 5.69 Å². The number of ether oxygens (including phenoxy) is 2. The molecule has 0 aliphatic heterocycles. The van der Waals surface area contributed by atoms with Gasteiger partial charge < -0.3 is 14.4 Å². The van der Waals surface area contributed by atoms with Crippen LogP contribution >= 0.6 is 0 Å². The molecule has 0 unspecified atom stereocenters. The summed E-state index contributed by atoms with van der Waals surface area (Å²) in [6.07, 6.45) is 0. The van der Waals surface area contributed by atoms with Gasteiger partial charge in [-0.3, -0.25) is 4.79 Å². The number of nitrogens with zero attached hydrogens (tertiary/aromatic N) is 1. The van der Waals surface area contributed by atoms with Crippen molar-refractivity contribution in [1.29, 1.82) is 0 Å². The Morgan fingerprint density at radius 1 is 0.731 bits per heavy atom. The van der Waals surface area contributed by atoms with Gasteiger partial charge in [-0.05, 0) is 48.5 Å². The third-order valence-electron chi connectivity index (χ3n) is 3.91. The van der Waals surface area contributed by atoms with Crippen LogP contribution in [0.5, 0.6) is 11.5 Å². The fourth-order valence-corrected chi connectivity index (χ4v) is 2.49. The summed E-state index contributed by atoms with van der Waals surface area (Å²) in [6.45, 7) is 0.896. The minimum absolute atomic E-state index is 0.0600. The molecule has 0 N–H and O–H groups in total. The molecule has 132 valence electrons. The molecule has 0 bridgehead atoms. The Morgan fingerprint density at radius 2 is 1.23 bits per heavy atom. The summed E-state index contributed by atoms with van der Waals surface area (Å²) in [5.74, 6) is 1.47. The zero-order valence-electron chi connectivity index (χ0n) is 14.7. The third kappa shape index (κ3) is 4.63. The lowest BCUT2D eigenvalue weighted by Gasteiger charge is -2.17. The number of anilines is 1. The van der Waals surface area contributed by atoms with Gasteiger partial charge >= 0.3 is 0 Å². The maximum atomic E-state index is 12.5. The van der Waals surface area contributed by atoms with Crippen LogP contribution in [0, 0.1) is 0 Å². The van der Waals surface area contributed by atoms with E-state index in [1.54, 1.807) is 36.2 Å². The molecule has 4 nitrogen and oxygen atoms in total. The molecule has 0 saturated heterocycles. The zero-order chi connectivity index (χ0) is 18.2. The molecule has 26 heavy (non-hydrogen) atoms. The predicted octanol–water partition coefficient (Wildman–Crippen LogP) is 4.42. The first-order valence-corrected chi connectivity index (χ1v) is 8.48. The number of carbonyl (C=O) groups excluding carboxylic acids is 1. The fourth-order valence-electron chi connectivity index (χ4n) is 2.49. The van der Waals surface area contributed by atoms with Crippen LogP contribution in [0.1, 0.15) is 10.4 Å². The average molecular weight is 347 g/mol. The van der Waals surface area contributed by atoms with Crippen molar-refractivity contribution in [3.8, 4) is 11.5 Å². The van der Waals surface area contributed by atoms with Gasteiger partial charge in [0.05, 0.1) is 0 Å². The third-order valence-corrected chi connectivity index (χ3v) is 3.91. The number of para-hydroxylation sites is 2. The summed E-state index contributed by atoms with van der Waals surface area (Å²) in [7, 11) is 1.77. The summed E-state index contributed by atoms with van der Waals surface area (Å²) in [4.78, 5) is 14.2. The van der Waals surface area contributed by atoms with Gasteiger partial charge in [0.2, 0.25) is 0 Å². The van der Waals surface area contributed by atoms with Crippen LogP contribution in [-0.2, 0) is 0 Å². The van der Waals surface area contributed by atoms with E-state index in [-0.39, 0.29) is 5.91 Å². The van der Waals surface area contributed by atoms with Crippen molar-refractivity contribution in [1.82, 2.24) is 0 Å². The lowest BCUT2D eigenvalue weighted by molar-refractivity contribution is 0.0993. The molecule has 0 spiro atoms. The first kappa shape index (κ1) is 17.5. The highest BCUT2D eigenvalue weighted by Crippen LogP contribution is 2.17. The van der Waals surface area contributed by atoms with Crippen molar-refractivity contribution < 1.29 is 14.3 Å². The quantitative estimate of drug-likeness (QED) is 0.594. The zero-order valence-corrected chi connectivity index (χ0v) is 14.7. The molecular formula is C22H21NO3. The molecule has 3 aromatic rings. The van der Waals surface area contributed by atoms with Gasteiger partial charge in [0.25, 0.3) is 5.91 Å². The number of amides is 1. The van der Waals surface area contributed by atoms with Gasteiger partial charge in [-0.1, -0.05) is 36.4 Å². The summed E-state index contributed by atoms with van der Waals surface area (Å²) >= 11 is 0. The lowest BCUT2D eigenvalue weighted by atomic mass is 10.2. The molecule has 0 aliphatic carbocycles. The van der Waals surface area contributed by atoms with Crippen LogP contribution < -0.4 is 14.4 Å². The highest BCUT2D eigenvalue weighted by molar-refractivity contribution is 6.05. The molecular weight excluding hydrogens is 326 g/mol. The average Bonchev–Trinajstić information content (AvgIpc) is 2.72. The summed E-state index contributed by atoms with van der Waals surface area (Å²) in [5, 5.41) is 0. The van der Waals surface area contributed by atoms with Gasteiger partial charge in [0.15, 0.2) is 0 Å². The maximum absolute atomic E-state index is 12.5. The Bertz CT molecular complexity index is 817. The van der Waals surface area contributed by atoms with Crippen molar-refractivity contribution in [2.24, 2.45) is 0 Å². The number of rotatable bonds is 7. The first-order chi connectivity index (χ1) is 12.7. The van der Waals surface area contributed by atoms with E-state index in [0.717, 1.165) is 11.4 Å². The van der Waals surface area contributed by atoms with E-state index in [1.165, 1.54) is 0 Å². The standard InChI is InChI=1S/C22H21NO3/c1-23(19-8-4-2-5-9-19)22(24)18-12-14-21(15-13-18)26-17-16-25-20-10-6-3-7-11-20/h2-15H,16-17H2,1H3. The first-order valence-electron chi connectivity index (χ1n) is 8.48. The Labute approximate surface area is 153 Å². The normalized spacial score (nSPS) is 10.2. The van der Waals surface area contributed by atoms with Crippen LogP contribution in [0.2, 0.25) is 0 Å². The Hall–Kier alpha value is -3.27. The Balaban J connectivity index is 1.51. The monoisotopic (exact) mass is 347 g/mol. The van der Waals surface area contributed by atoms with Gasteiger partial charge in [0, 0.05) is 18.3 Å². The molecule has 0 radical (unpaired) electrons. The molecule has 0 fully saturated rings. The topological polar surface area (TPSA) is 38.8 Å². The molecule has 0 saturated carbocycles. The fraction of sp³-hybridized carbons (Fsp3) is 0.136. The molecule has 0 aromatic heterocycles. The van der Waals surface area contributed by atoms with E-state index >= 15 is 0 Å². The van der Waals surface area contributed by atoms with Crippen molar-refractivity contribution in [3.05, 3.63) is 90.5 Å². The second kappa shape index (κ2) is 8.72. The predicted molar refractivity (Wildman–Crippen MR) is 103 cm³/mol. The largest absolute Gasteiger partial charge is 0.490 e. The van der Waals surface area contributed by atoms with Crippen LogP contribution in [0.25, 0.3) is 0 Å². The van der Waals surface area contributed by atoms with E-state index in [0.29, 0.717) is 24.5 Å². The van der Waals surface area contributed by atoms with Gasteiger partial charge in [-0.15, -0.1) is 0 Å². The molecule has 0 aliphatic rings. The van der Waals surface area contributed by atoms with Crippen LogP contribution in [-0.4, -0.2) is 26.2 Å². The summed E-state index contributed by atoms with van der Waals surface area (Å²) < 4.78 is 11.2. The van der Waals surface area contributed by atoms with Gasteiger partial charge in [0.1, 0.15) is 24.7 Å². The summed E-state index contributed by atoms with van der Waals surface area (Å²) in [5.41, 5.74) is 1.47. The lowest BCUT2D eigenvalue weighted by Crippen LogP contribution is -2.26. The minimum Gasteiger partial charge on any atom is -0.490 e. The number of hydrogen-bond acceptors (Lipinski definition) is 3. The van der Waals surface area contributed by atoms with E-state index in [2.05, 4.69) is 0 Å². The molecule has 1 amide bonds. The molecule has 3 rings (SSSR count). The minimum atomic E-state index is -0.0600. The Morgan fingerprint density at radius 3 is 1.81 bits per heavy atom. The highest BCUT2D eigenvalue weighted by Gasteiger charge is 2.13. The van der Waals surface area contributed by atoms with E-state index < -0.39 is 0 Å².